The maximum Gasteiger partial charge on any atom is 0.224 e. The first-order chi connectivity index (χ1) is 18.1. The molecule has 5 rings (SSSR count). The predicted molar refractivity (Wildman–Crippen MR) is 147 cm³/mol. The second kappa shape index (κ2) is 12.2. The molecule has 1 saturated carbocycles. The Kier molecular flexibility index (Phi) is 8.54. The summed E-state index contributed by atoms with van der Waals surface area (Å²) in [5.41, 5.74) is 4.06. The molecule has 1 aliphatic heterocycles. The number of carbonyl (C=O) groups excluding carboxylic acids is 1. The lowest BCUT2D eigenvalue weighted by molar-refractivity contribution is -0.127. The lowest BCUT2D eigenvalue weighted by atomic mass is 9.70. The second-order valence-corrected chi connectivity index (χ2v) is 10.3. The molecule has 191 valence electrons. The number of rotatable bonds is 7. The highest BCUT2D eigenvalue weighted by Gasteiger charge is 2.39. The van der Waals surface area contributed by atoms with Gasteiger partial charge in [0.05, 0.1) is 31.1 Å². The Hall–Kier alpha value is -2.74. The first-order valence-electron chi connectivity index (χ1n) is 13.1. The third-order valence-corrected chi connectivity index (χ3v) is 8.04. The van der Waals surface area contributed by atoms with Crippen LogP contribution in [-0.2, 0) is 9.53 Å². The first kappa shape index (κ1) is 25.9. The molecule has 1 N–H and O–H groups in total. The zero-order chi connectivity index (χ0) is 25.6. The van der Waals surface area contributed by atoms with Crippen molar-refractivity contribution in [1.29, 1.82) is 0 Å². The van der Waals surface area contributed by atoms with Gasteiger partial charge in [-0.1, -0.05) is 60.3 Å². The van der Waals surface area contributed by atoms with Gasteiger partial charge in [0, 0.05) is 42.5 Å². The van der Waals surface area contributed by atoms with Crippen molar-refractivity contribution in [3.63, 3.8) is 0 Å². The number of amides is 1. The molecule has 2 fully saturated rings. The number of carbonyl (C=O) groups is 1. The molecule has 8 heteroatoms. The Labute approximate surface area is 225 Å². The van der Waals surface area contributed by atoms with Crippen molar-refractivity contribution < 1.29 is 9.53 Å². The van der Waals surface area contributed by atoms with Crippen molar-refractivity contribution in [3.8, 4) is 0 Å². The Bertz CT molecular complexity index is 1160. The van der Waals surface area contributed by atoms with E-state index >= 15 is 0 Å². The summed E-state index contributed by atoms with van der Waals surface area (Å²) in [6, 6.07) is 16.3. The second-order valence-electron chi connectivity index (χ2n) is 9.91. The van der Waals surface area contributed by atoms with Gasteiger partial charge in [-0.05, 0) is 48.4 Å². The highest BCUT2D eigenvalue weighted by Crippen LogP contribution is 2.40. The van der Waals surface area contributed by atoms with Crippen molar-refractivity contribution in [1.82, 2.24) is 20.2 Å². The summed E-state index contributed by atoms with van der Waals surface area (Å²) in [7, 11) is 2.10. The third kappa shape index (κ3) is 6.23. The van der Waals surface area contributed by atoms with E-state index in [0.29, 0.717) is 16.8 Å². The van der Waals surface area contributed by atoms with Crippen molar-refractivity contribution in [2.75, 3.05) is 26.3 Å². The van der Waals surface area contributed by atoms with Crippen molar-refractivity contribution in [3.05, 3.63) is 89.0 Å². The van der Waals surface area contributed by atoms with Crippen LogP contribution in [0.15, 0.2) is 67.1 Å². The van der Waals surface area contributed by atoms with Gasteiger partial charge in [0.25, 0.3) is 0 Å². The molecule has 0 spiro atoms. The van der Waals surface area contributed by atoms with E-state index in [9.17, 15) is 4.79 Å². The van der Waals surface area contributed by atoms with E-state index in [1.807, 2.05) is 31.1 Å². The molecular formula is C29H33BClN4O2. The maximum atomic E-state index is 14.0. The minimum absolute atomic E-state index is 0.0576. The Morgan fingerprint density at radius 3 is 2.51 bits per heavy atom. The average Bonchev–Trinajstić information content (AvgIpc) is 2.97. The maximum absolute atomic E-state index is 14.0. The number of ether oxygens (including phenoxy) is 1. The van der Waals surface area contributed by atoms with Gasteiger partial charge in [-0.15, -0.1) is 0 Å². The fourth-order valence-electron chi connectivity index (χ4n) is 5.73. The van der Waals surface area contributed by atoms with E-state index < -0.39 is 6.04 Å². The van der Waals surface area contributed by atoms with Gasteiger partial charge in [-0.2, -0.15) is 0 Å². The minimum Gasteiger partial charge on any atom is -0.379 e. The highest BCUT2D eigenvalue weighted by molar-refractivity contribution is 6.51. The first-order valence-corrected chi connectivity index (χ1v) is 13.5. The third-order valence-electron chi connectivity index (χ3n) is 7.79. The quantitative estimate of drug-likeness (QED) is 0.482. The molecule has 2 aromatic carbocycles. The standard InChI is InChI=1S/C29H33BClN4O2/c1-30-22-6-2-20(3-7-22)26-18-24(35-14-16-37-17-15-35)10-11-25(26)29(36)34-28(27-19-32-12-13-33-27)21-4-8-23(31)9-5-21/h2-9,12-13,19,24-26,28H,10-11,14-18H2,1H3,(H,34,36). The van der Waals surface area contributed by atoms with Gasteiger partial charge in [-0.25, -0.2) is 0 Å². The van der Waals surface area contributed by atoms with Crippen LogP contribution in [0.3, 0.4) is 0 Å². The summed E-state index contributed by atoms with van der Waals surface area (Å²) in [6.45, 7) is 5.54. The molecular weight excluding hydrogens is 483 g/mol. The van der Waals surface area contributed by atoms with Crippen LogP contribution in [0.25, 0.3) is 0 Å². The zero-order valence-corrected chi connectivity index (χ0v) is 22.0. The lowest BCUT2D eigenvalue weighted by Gasteiger charge is -2.42. The van der Waals surface area contributed by atoms with Crippen LogP contribution in [0.4, 0.5) is 0 Å². The number of aromatic nitrogens is 2. The largest absolute Gasteiger partial charge is 0.379 e. The molecule has 1 radical (unpaired) electrons. The van der Waals surface area contributed by atoms with Crippen LogP contribution in [0.5, 0.6) is 0 Å². The number of nitrogens with zero attached hydrogens (tertiary/aromatic N) is 3. The summed E-state index contributed by atoms with van der Waals surface area (Å²) in [5, 5.41) is 3.99. The number of nitrogens with one attached hydrogen (secondary N) is 1. The van der Waals surface area contributed by atoms with E-state index in [0.717, 1.165) is 51.1 Å². The molecule has 37 heavy (non-hydrogen) atoms. The van der Waals surface area contributed by atoms with Gasteiger partial charge >= 0.3 is 0 Å². The number of hydrogen-bond acceptors (Lipinski definition) is 5. The molecule has 1 saturated heterocycles. The van der Waals surface area contributed by atoms with Crippen molar-refractivity contribution >= 4 is 30.3 Å². The van der Waals surface area contributed by atoms with E-state index in [4.69, 9.17) is 16.3 Å². The molecule has 1 aromatic heterocycles. The molecule has 4 unspecified atom stereocenters. The number of halogens is 1. The SMILES string of the molecule is C[B]c1ccc(C2CC(N3CCOCC3)CCC2C(=O)NC(c2ccc(Cl)cc2)c2cnccn2)cc1. The Morgan fingerprint density at radius 1 is 1.08 bits per heavy atom. The van der Waals surface area contributed by atoms with Crippen LogP contribution in [0, 0.1) is 5.92 Å². The zero-order valence-electron chi connectivity index (χ0n) is 21.2. The molecule has 3 aromatic rings. The van der Waals surface area contributed by atoms with Crippen LogP contribution in [0.2, 0.25) is 11.8 Å². The summed E-state index contributed by atoms with van der Waals surface area (Å²) in [4.78, 5) is 25.3. The summed E-state index contributed by atoms with van der Waals surface area (Å²) >= 11 is 6.15. The van der Waals surface area contributed by atoms with E-state index in [2.05, 4.69) is 51.7 Å². The monoisotopic (exact) mass is 515 g/mol. The molecule has 0 bridgehead atoms. The Morgan fingerprint density at radius 2 is 1.84 bits per heavy atom. The summed E-state index contributed by atoms with van der Waals surface area (Å²) in [5.74, 6) is 0.0719. The summed E-state index contributed by atoms with van der Waals surface area (Å²) in [6.07, 6.45) is 7.83. The lowest BCUT2D eigenvalue weighted by Crippen LogP contribution is -2.48. The van der Waals surface area contributed by atoms with Crippen LogP contribution in [-0.4, -0.2) is 60.4 Å². The van der Waals surface area contributed by atoms with Gasteiger partial charge in [-0.3, -0.25) is 19.7 Å². The van der Waals surface area contributed by atoms with E-state index in [1.54, 1.807) is 18.6 Å². The van der Waals surface area contributed by atoms with Crippen molar-refractivity contribution in [2.24, 2.45) is 5.92 Å². The molecule has 2 heterocycles. The van der Waals surface area contributed by atoms with Crippen LogP contribution >= 0.6 is 11.6 Å². The normalized spacial score (nSPS) is 23.2. The number of hydrogen-bond donors (Lipinski definition) is 1. The van der Waals surface area contributed by atoms with Gasteiger partial charge in [0.2, 0.25) is 5.91 Å². The predicted octanol–water partition coefficient (Wildman–Crippen LogP) is 4.00. The Balaban J connectivity index is 1.41. The molecule has 1 aliphatic carbocycles. The number of morpholine rings is 1. The fraction of sp³-hybridized carbons (Fsp3) is 0.414. The van der Waals surface area contributed by atoms with Crippen LogP contribution < -0.4 is 10.8 Å². The average molecular weight is 516 g/mol. The van der Waals surface area contributed by atoms with E-state index in [-0.39, 0.29) is 17.7 Å². The molecule has 1 amide bonds. The molecule has 4 atom stereocenters. The number of benzene rings is 2. The van der Waals surface area contributed by atoms with Gasteiger partial charge < -0.3 is 10.1 Å². The van der Waals surface area contributed by atoms with Crippen molar-refractivity contribution in [2.45, 2.75) is 44.1 Å². The minimum atomic E-state index is -0.395. The molecule has 2 aliphatic rings. The topological polar surface area (TPSA) is 67.3 Å². The van der Waals surface area contributed by atoms with Crippen LogP contribution in [0.1, 0.15) is 48.0 Å². The summed E-state index contributed by atoms with van der Waals surface area (Å²) < 4.78 is 5.59. The fourth-order valence-corrected chi connectivity index (χ4v) is 5.86. The highest BCUT2D eigenvalue weighted by atomic mass is 35.5. The molecule has 6 nitrogen and oxygen atoms in total. The smallest absolute Gasteiger partial charge is 0.224 e. The van der Waals surface area contributed by atoms with E-state index in [1.165, 1.54) is 11.0 Å². The van der Waals surface area contributed by atoms with Gasteiger partial charge in [0.1, 0.15) is 7.28 Å². The van der Waals surface area contributed by atoms with Gasteiger partial charge in [0.15, 0.2) is 0 Å².